The number of fused-ring (bicyclic) bond motifs is 4. The highest BCUT2D eigenvalue weighted by atomic mass is 32.1. The Morgan fingerprint density at radius 1 is 1.07 bits per heavy atom. The van der Waals surface area contributed by atoms with Crippen molar-refractivity contribution in [1.82, 2.24) is 13.7 Å². The molecule has 0 aliphatic heterocycles. The number of nitrogens with zero attached hydrogens (tertiary/aromatic N) is 3. The van der Waals surface area contributed by atoms with Gasteiger partial charge >= 0.3 is 5.69 Å². The Bertz CT molecular complexity index is 1350. The van der Waals surface area contributed by atoms with E-state index in [9.17, 15) is 9.59 Å². The maximum Gasteiger partial charge on any atom is 0.336 e. The fourth-order valence-corrected chi connectivity index (χ4v) is 6.00. The average molecular weight is 408 g/mol. The average Bonchev–Trinajstić information content (AvgIpc) is 3.17. The molecule has 150 valence electrons. The summed E-state index contributed by atoms with van der Waals surface area (Å²) in [5.41, 5.74) is 2.54. The van der Waals surface area contributed by atoms with Gasteiger partial charge in [0.05, 0.1) is 11.1 Å². The van der Waals surface area contributed by atoms with E-state index in [0.29, 0.717) is 12.2 Å². The molecular weight excluding hydrogens is 382 g/mol. The first-order valence-electron chi connectivity index (χ1n) is 10.5. The Hall–Kier alpha value is -2.60. The van der Waals surface area contributed by atoms with E-state index >= 15 is 0 Å². The number of thiophene rings is 1. The number of rotatable bonds is 3. The minimum absolute atomic E-state index is 0.160. The largest absolute Gasteiger partial charge is 0.351 e. The third kappa shape index (κ3) is 2.81. The van der Waals surface area contributed by atoms with Crippen LogP contribution in [-0.4, -0.2) is 13.7 Å². The lowest BCUT2D eigenvalue weighted by atomic mass is 10.1. The summed E-state index contributed by atoms with van der Waals surface area (Å²) in [6, 6.07) is 7.84. The fourth-order valence-electron chi connectivity index (χ4n) is 4.60. The lowest BCUT2D eigenvalue weighted by Crippen LogP contribution is -2.38. The lowest BCUT2D eigenvalue weighted by Gasteiger charge is -2.12. The first-order chi connectivity index (χ1) is 14.1. The van der Waals surface area contributed by atoms with Crippen molar-refractivity contribution in [1.29, 1.82) is 0 Å². The van der Waals surface area contributed by atoms with Crippen molar-refractivity contribution in [3.63, 3.8) is 0 Å². The predicted molar refractivity (Wildman–Crippen MR) is 120 cm³/mol. The third-order valence-corrected chi connectivity index (χ3v) is 7.38. The molecule has 0 spiro atoms. The van der Waals surface area contributed by atoms with Gasteiger partial charge in [-0.3, -0.25) is 9.36 Å². The van der Waals surface area contributed by atoms with Gasteiger partial charge in [0.15, 0.2) is 0 Å². The molecule has 1 aliphatic rings. The highest BCUT2D eigenvalue weighted by molar-refractivity contribution is 7.18. The first-order valence-corrected chi connectivity index (χ1v) is 11.3. The van der Waals surface area contributed by atoms with Gasteiger partial charge in [-0.05, 0) is 61.9 Å². The van der Waals surface area contributed by atoms with Gasteiger partial charge in [-0.25, -0.2) is 9.36 Å². The summed E-state index contributed by atoms with van der Waals surface area (Å²) in [5, 5.41) is 1.80. The quantitative estimate of drug-likeness (QED) is 0.473. The maximum absolute atomic E-state index is 13.6. The van der Waals surface area contributed by atoms with Crippen LogP contribution < -0.4 is 11.2 Å². The summed E-state index contributed by atoms with van der Waals surface area (Å²) in [6.45, 7) is 2.70. The second-order valence-corrected chi connectivity index (χ2v) is 9.07. The predicted octanol–water partition coefficient (Wildman–Crippen LogP) is 4.38. The van der Waals surface area contributed by atoms with Crippen LogP contribution in [0.5, 0.6) is 0 Å². The lowest BCUT2D eigenvalue weighted by molar-refractivity contribution is 0.640. The minimum atomic E-state index is -0.226. The minimum Gasteiger partial charge on any atom is -0.351 e. The molecule has 0 fully saturated rings. The molecule has 0 unspecified atom stereocenters. The van der Waals surface area contributed by atoms with Gasteiger partial charge in [-0.1, -0.05) is 13.3 Å². The summed E-state index contributed by atoms with van der Waals surface area (Å²) in [4.78, 5) is 29.3. The number of aromatic nitrogens is 3. The molecule has 6 heteroatoms. The molecule has 0 bridgehead atoms. The van der Waals surface area contributed by atoms with Crippen LogP contribution in [0, 0.1) is 0 Å². The summed E-state index contributed by atoms with van der Waals surface area (Å²) in [5.74, 6) is 0. The molecule has 5 nitrogen and oxygen atoms in total. The highest BCUT2D eigenvalue weighted by Crippen LogP contribution is 2.33. The van der Waals surface area contributed by atoms with Crippen LogP contribution in [0.25, 0.3) is 26.8 Å². The molecule has 3 aromatic heterocycles. The van der Waals surface area contributed by atoms with E-state index < -0.39 is 0 Å². The topological polar surface area (TPSA) is 48.9 Å². The summed E-state index contributed by atoms with van der Waals surface area (Å²) >= 11 is 1.66. The van der Waals surface area contributed by atoms with Crippen LogP contribution in [0.4, 0.5) is 0 Å². The number of hydrogen-bond donors (Lipinski definition) is 0. The van der Waals surface area contributed by atoms with Gasteiger partial charge in [-0.2, -0.15) is 0 Å². The van der Waals surface area contributed by atoms with E-state index in [4.69, 9.17) is 0 Å². The Labute approximate surface area is 172 Å². The molecule has 0 atom stereocenters. The van der Waals surface area contributed by atoms with E-state index in [-0.39, 0.29) is 11.2 Å². The van der Waals surface area contributed by atoms with E-state index in [1.165, 1.54) is 21.4 Å². The molecule has 4 aromatic rings. The summed E-state index contributed by atoms with van der Waals surface area (Å²) < 4.78 is 5.26. The van der Waals surface area contributed by atoms with Crippen molar-refractivity contribution in [2.45, 2.75) is 52.0 Å². The van der Waals surface area contributed by atoms with Crippen LogP contribution in [0.15, 0.2) is 40.1 Å². The fraction of sp³-hybridized carbons (Fsp3) is 0.391. The Balaban J connectivity index is 1.85. The van der Waals surface area contributed by atoms with Crippen LogP contribution in [0.2, 0.25) is 0 Å². The molecule has 1 aromatic carbocycles. The molecule has 3 heterocycles. The summed E-state index contributed by atoms with van der Waals surface area (Å²) in [7, 11) is 2.00. The van der Waals surface area contributed by atoms with Crippen LogP contribution in [0.1, 0.15) is 43.0 Å². The van der Waals surface area contributed by atoms with E-state index in [1.807, 2.05) is 46.6 Å². The SMILES string of the molecule is CCCn1c(=O)n(-c2ccc3c(ccn3C)c2)c(=O)c2c3c(sc21)CCCCC3. The van der Waals surface area contributed by atoms with Crippen LogP contribution in [-0.2, 0) is 26.4 Å². The van der Waals surface area contributed by atoms with Crippen molar-refractivity contribution in [2.24, 2.45) is 7.05 Å². The van der Waals surface area contributed by atoms with Gasteiger partial charge < -0.3 is 4.57 Å². The smallest absolute Gasteiger partial charge is 0.336 e. The first kappa shape index (κ1) is 18.4. The second kappa shape index (κ2) is 7.02. The molecule has 29 heavy (non-hydrogen) atoms. The third-order valence-electron chi connectivity index (χ3n) is 6.06. The van der Waals surface area contributed by atoms with Gasteiger partial charge in [-0.15, -0.1) is 11.3 Å². The van der Waals surface area contributed by atoms with Crippen molar-refractivity contribution >= 4 is 32.5 Å². The molecule has 0 saturated heterocycles. The highest BCUT2D eigenvalue weighted by Gasteiger charge is 2.23. The molecule has 0 radical (unpaired) electrons. The van der Waals surface area contributed by atoms with Crippen molar-refractivity contribution in [3.8, 4) is 5.69 Å². The van der Waals surface area contributed by atoms with Crippen LogP contribution >= 0.6 is 11.3 Å². The Morgan fingerprint density at radius 2 is 1.90 bits per heavy atom. The van der Waals surface area contributed by atoms with Crippen molar-refractivity contribution in [2.75, 3.05) is 0 Å². The zero-order valence-corrected chi connectivity index (χ0v) is 17.7. The van der Waals surface area contributed by atoms with E-state index in [0.717, 1.165) is 53.2 Å². The van der Waals surface area contributed by atoms with E-state index in [1.54, 1.807) is 11.3 Å². The van der Waals surface area contributed by atoms with Gasteiger partial charge in [0, 0.05) is 35.6 Å². The molecule has 5 rings (SSSR count). The standard InChI is InChI=1S/C23H25N3O2S/c1-3-12-25-22-20(17-7-5-4-6-8-19(17)29-22)21(27)26(23(25)28)16-9-10-18-15(14-16)11-13-24(18)2/h9-11,13-14H,3-8,12H2,1-2H3. The molecular formula is C23H25N3O2S. The number of hydrogen-bond acceptors (Lipinski definition) is 3. The molecule has 0 N–H and O–H groups in total. The molecule has 0 amide bonds. The monoisotopic (exact) mass is 407 g/mol. The molecule has 1 aliphatic carbocycles. The molecule has 0 saturated carbocycles. The zero-order valence-electron chi connectivity index (χ0n) is 16.9. The Kier molecular flexibility index (Phi) is 4.46. The number of benzene rings is 1. The van der Waals surface area contributed by atoms with Gasteiger partial charge in [0.25, 0.3) is 5.56 Å². The van der Waals surface area contributed by atoms with Crippen molar-refractivity contribution < 1.29 is 0 Å². The van der Waals surface area contributed by atoms with E-state index in [2.05, 4.69) is 6.92 Å². The maximum atomic E-state index is 13.6. The van der Waals surface area contributed by atoms with Crippen molar-refractivity contribution in [3.05, 3.63) is 61.7 Å². The van der Waals surface area contributed by atoms with Gasteiger partial charge in [0.1, 0.15) is 4.83 Å². The Morgan fingerprint density at radius 3 is 2.72 bits per heavy atom. The summed E-state index contributed by atoms with van der Waals surface area (Å²) in [6.07, 6.45) is 8.28. The normalized spacial score (nSPS) is 14.4. The zero-order chi connectivity index (χ0) is 20.1. The number of aryl methyl sites for hydroxylation is 4. The van der Waals surface area contributed by atoms with Gasteiger partial charge in [0.2, 0.25) is 0 Å². The van der Waals surface area contributed by atoms with Crippen LogP contribution in [0.3, 0.4) is 0 Å². The second-order valence-electron chi connectivity index (χ2n) is 7.99.